The Kier molecular flexibility index (Phi) is 1.28. The Bertz CT molecular complexity index is 666. The van der Waals surface area contributed by atoms with Crippen LogP contribution in [0.15, 0.2) is 39.8 Å². The van der Waals surface area contributed by atoms with E-state index in [-0.39, 0.29) is 0 Å². The fraction of sp³-hybridized carbons (Fsp3) is 0. The van der Waals surface area contributed by atoms with E-state index in [1.165, 1.54) is 0 Å². The molecule has 0 saturated heterocycles. The monoisotopic (exact) mass is 186 g/mol. The molecule has 0 amide bonds. The summed E-state index contributed by atoms with van der Waals surface area (Å²) in [5.74, 6) is -0.427. The molecule has 68 valence electrons. The summed E-state index contributed by atoms with van der Waals surface area (Å²) >= 11 is 0. The fourth-order valence-corrected chi connectivity index (χ4v) is 1.58. The summed E-state index contributed by atoms with van der Waals surface area (Å²) < 4.78 is 5.04. The molecule has 2 heterocycles. The van der Waals surface area contributed by atoms with E-state index in [4.69, 9.17) is 4.42 Å². The molecule has 3 rings (SSSR count). The van der Waals surface area contributed by atoms with Gasteiger partial charge in [-0.25, -0.2) is 4.79 Å². The van der Waals surface area contributed by atoms with Crippen molar-refractivity contribution in [1.29, 1.82) is 0 Å². The summed E-state index contributed by atoms with van der Waals surface area (Å²) in [7, 11) is 0. The molecule has 0 unspecified atom stereocenters. The van der Waals surface area contributed by atoms with E-state index in [1.807, 2.05) is 18.2 Å². The standard InChI is InChI=1S/C10H6N2O2/c13-10-12-8-2-1-6-5-11-4-3-7(6)9(8)14-10/h1-5H,(H,12,13). The molecular formula is C10H6N2O2. The summed E-state index contributed by atoms with van der Waals surface area (Å²) in [6.45, 7) is 0. The molecule has 14 heavy (non-hydrogen) atoms. The SMILES string of the molecule is O=c1[nH]c2ccc3cnccc3c2o1. The Morgan fingerprint density at radius 2 is 2.21 bits per heavy atom. The van der Waals surface area contributed by atoms with Gasteiger partial charge < -0.3 is 4.42 Å². The lowest BCUT2D eigenvalue weighted by molar-refractivity contribution is 0.558. The fourth-order valence-electron chi connectivity index (χ4n) is 1.58. The van der Waals surface area contributed by atoms with Crippen LogP contribution in [0.4, 0.5) is 0 Å². The number of benzene rings is 1. The van der Waals surface area contributed by atoms with Crippen molar-refractivity contribution in [2.75, 3.05) is 0 Å². The molecule has 0 aliphatic carbocycles. The molecule has 0 bridgehead atoms. The van der Waals surface area contributed by atoms with E-state index in [9.17, 15) is 4.79 Å². The minimum absolute atomic E-state index is 0.427. The van der Waals surface area contributed by atoms with Crippen LogP contribution >= 0.6 is 0 Å². The zero-order chi connectivity index (χ0) is 9.54. The average molecular weight is 186 g/mol. The van der Waals surface area contributed by atoms with Gasteiger partial charge in [0.15, 0.2) is 5.58 Å². The summed E-state index contributed by atoms with van der Waals surface area (Å²) in [6, 6.07) is 5.54. The molecule has 0 aliphatic heterocycles. The summed E-state index contributed by atoms with van der Waals surface area (Å²) in [5.41, 5.74) is 1.31. The first-order chi connectivity index (χ1) is 6.84. The van der Waals surface area contributed by atoms with E-state index < -0.39 is 5.76 Å². The van der Waals surface area contributed by atoms with Gasteiger partial charge in [0.2, 0.25) is 0 Å². The van der Waals surface area contributed by atoms with Crippen LogP contribution in [0.3, 0.4) is 0 Å². The van der Waals surface area contributed by atoms with E-state index in [0.29, 0.717) is 11.1 Å². The highest BCUT2D eigenvalue weighted by Gasteiger charge is 2.04. The van der Waals surface area contributed by atoms with E-state index in [1.54, 1.807) is 12.4 Å². The van der Waals surface area contributed by atoms with Crippen LogP contribution in [0.1, 0.15) is 0 Å². The number of rotatable bonds is 0. The second-order valence-corrected chi connectivity index (χ2v) is 3.05. The highest BCUT2D eigenvalue weighted by Crippen LogP contribution is 2.21. The van der Waals surface area contributed by atoms with Crippen molar-refractivity contribution >= 4 is 21.9 Å². The number of hydrogen-bond donors (Lipinski definition) is 1. The Balaban J connectivity index is 2.66. The number of H-pyrrole nitrogens is 1. The van der Waals surface area contributed by atoms with Gasteiger partial charge in [0.25, 0.3) is 0 Å². The van der Waals surface area contributed by atoms with Gasteiger partial charge >= 0.3 is 5.76 Å². The Morgan fingerprint density at radius 1 is 1.29 bits per heavy atom. The van der Waals surface area contributed by atoms with Crippen LogP contribution in [0.5, 0.6) is 0 Å². The number of hydrogen-bond acceptors (Lipinski definition) is 3. The quantitative estimate of drug-likeness (QED) is 0.581. The van der Waals surface area contributed by atoms with Gasteiger partial charge in [-0.1, -0.05) is 6.07 Å². The number of pyridine rings is 1. The molecule has 0 fully saturated rings. The maximum atomic E-state index is 11.0. The summed E-state index contributed by atoms with van der Waals surface area (Å²) in [6.07, 6.45) is 3.41. The minimum Gasteiger partial charge on any atom is -0.407 e. The molecule has 0 atom stereocenters. The molecular weight excluding hydrogens is 180 g/mol. The Hall–Kier alpha value is -2.10. The molecule has 0 saturated carbocycles. The van der Waals surface area contributed by atoms with Crippen LogP contribution in [0.25, 0.3) is 21.9 Å². The summed E-state index contributed by atoms with van der Waals surface area (Å²) in [5, 5.41) is 1.86. The smallest absolute Gasteiger partial charge is 0.407 e. The zero-order valence-corrected chi connectivity index (χ0v) is 7.15. The molecule has 3 aromatic rings. The number of aromatic amines is 1. The van der Waals surface area contributed by atoms with Crippen molar-refractivity contribution in [3.05, 3.63) is 41.1 Å². The van der Waals surface area contributed by atoms with Crippen molar-refractivity contribution in [2.45, 2.75) is 0 Å². The van der Waals surface area contributed by atoms with Crippen LogP contribution in [-0.4, -0.2) is 9.97 Å². The predicted molar refractivity (Wildman–Crippen MR) is 52.1 cm³/mol. The lowest BCUT2D eigenvalue weighted by Crippen LogP contribution is -1.92. The Labute approximate surface area is 78.2 Å². The lowest BCUT2D eigenvalue weighted by atomic mass is 10.1. The van der Waals surface area contributed by atoms with Gasteiger partial charge in [-0.05, 0) is 12.1 Å². The van der Waals surface area contributed by atoms with Crippen LogP contribution in [-0.2, 0) is 0 Å². The van der Waals surface area contributed by atoms with Crippen LogP contribution < -0.4 is 5.76 Å². The first-order valence-corrected chi connectivity index (χ1v) is 4.20. The molecule has 4 heteroatoms. The number of aromatic nitrogens is 2. The van der Waals surface area contributed by atoms with E-state index in [0.717, 1.165) is 10.8 Å². The molecule has 4 nitrogen and oxygen atoms in total. The third-order valence-corrected chi connectivity index (χ3v) is 2.20. The lowest BCUT2D eigenvalue weighted by Gasteiger charge is -1.95. The molecule has 0 radical (unpaired) electrons. The largest absolute Gasteiger partial charge is 0.417 e. The zero-order valence-electron chi connectivity index (χ0n) is 7.15. The highest BCUT2D eigenvalue weighted by atomic mass is 16.4. The molecule has 0 spiro atoms. The second-order valence-electron chi connectivity index (χ2n) is 3.05. The third-order valence-electron chi connectivity index (χ3n) is 2.20. The van der Waals surface area contributed by atoms with Crippen LogP contribution in [0, 0.1) is 0 Å². The normalized spacial score (nSPS) is 11.1. The molecule has 1 aromatic carbocycles. The summed E-state index contributed by atoms with van der Waals surface area (Å²) in [4.78, 5) is 17.6. The Morgan fingerprint density at radius 3 is 3.14 bits per heavy atom. The van der Waals surface area contributed by atoms with Crippen molar-refractivity contribution in [3.63, 3.8) is 0 Å². The first-order valence-electron chi connectivity index (χ1n) is 4.20. The van der Waals surface area contributed by atoms with Gasteiger partial charge in [-0.3, -0.25) is 9.97 Å². The number of nitrogens with zero attached hydrogens (tertiary/aromatic N) is 1. The van der Waals surface area contributed by atoms with Crippen molar-refractivity contribution in [2.24, 2.45) is 0 Å². The van der Waals surface area contributed by atoms with Gasteiger partial charge in [0.05, 0.1) is 5.52 Å². The highest BCUT2D eigenvalue weighted by molar-refractivity contribution is 6.02. The van der Waals surface area contributed by atoms with Crippen molar-refractivity contribution < 1.29 is 4.42 Å². The predicted octanol–water partition coefficient (Wildman–Crippen LogP) is 1.67. The van der Waals surface area contributed by atoms with Gasteiger partial charge in [0, 0.05) is 23.2 Å². The second kappa shape index (κ2) is 2.45. The van der Waals surface area contributed by atoms with Gasteiger partial charge in [-0.15, -0.1) is 0 Å². The minimum atomic E-state index is -0.427. The maximum absolute atomic E-state index is 11.0. The number of fused-ring (bicyclic) bond motifs is 3. The van der Waals surface area contributed by atoms with Gasteiger partial charge in [-0.2, -0.15) is 0 Å². The number of nitrogens with one attached hydrogen (secondary N) is 1. The van der Waals surface area contributed by atoms with Crippen molar-refractivity contribution in [3.8, 4) is 0 Å². The topological polar surface area (TPSA) is 58.9 Å². The third kappa shape index (κ3) is 0.877. The van der Waals surface area contributed by atoms with E-state index >= 15 is 0 Å². The molecule has 0 aliphatic rings. The number of oxazole rings is 1. The van der Waals surface area contributed by atoms with Crippen molar-refractivity contribution in [1.82, 2.24) is 9.97 Å². The molecule has 2 aromatic heterocycles. The maximum Gasteiger partial charge on any atom is 0.417 e. The molecule has 1 N–H and O–H groups in total. The van der Waals surface area contributed by atoms with E-state index in [2.05, 4.69) is 9.97 Å². The van der Waals surface area contributed by atoms with Gasteiger partial charge in [0.1, 0.15) is 0 Å². The first kappa shape index (κ1) is 7.32. The average Bonchev–Trinajstić information content (AvgIpc) is 2.59. The van der Waals surface area contributed by atoms with Crippen LogP contribution in [0.2, 0.25) is 0 Å².